The lowest BCUT2D eigenvalue weighted by molar-refractivity contribution is 0.544. The molecule has 1 aromatic heterocycles. The predicted molar refractivity (Wildman–Crippen MR) is 103 cm³/mol. The molecule has 0 atom stereocenters. The zero-order valence-corrected chi connectivity index (χ0v) is 15.1. The number of carbonyl (C=O) groups excluding carboxylic acids is 1. The van der Waals surface area contributed by atoms with E-state index < -0.39 is 0 Å². The molecule has 5 heteroatoms. The van der Waals surface area contributed by atoms with Gasteiger partial charge in [-0.2, -0.15) is 0 Å². The summed E-state index contributed by atoms with van der Waals surface area (Å²) in [7, 11) is 0. The number of aryl methyl sites for hydroxylation is 1. The Kier molecular flexibility index (Phi) is 6.07. The van der Waals surface area contributed by atoms with Crippen LogP contribution in [0.15, 0.2) is 22.6 Å². The van der Waals surface area contributed by atoms with Crippen LogP contribution in [0.5, 0.6) is 0 Å². The van der Waals surface area contributed by atoms with Gasteiger partial charge in [0, 0.05) is 24.2 Å². The highest BCUT2D eigenvalue weighted by molar-refractivity contribution is 7.98. The molecule has 2 heterocycles. The molecule has 128 valence electrons. The molecular weight excluding hydrogens is 318 g/mol. The fraction of sp³-hybridized carbons (Fsp3) is 0.526. The van der Waals surface area contributed by atoms with Crippen LogP contribution in [0.1, 0.15) is 63.3 Å². The number of para-hydroxylation sites is 1. The monoisotopic (exact) mass is 343 g/mol. The van der Waals surface area contributed by atoms with Gasteiger partial charge in [-0.05, 0) is 24.4 Å². The maximum absolute atomic E-state index is 11.7. The minimum absolute atomic E-state index is 0.861. The Morgan fingerprint density at radius 3 is 2.79 bits per heavy atom. The lowest BCUT2D eigenvalue weighted by Gasteiger charge is -2.05. The van der Waals surface area contributed by atoms with Crippen LogP contribution >= 0.6 is 11.9 Å². The standard InChI is InChI=1S/C19H25N3OS/c1-2-3-4-5-6-7-11-18-20-17-10-8-9-15(16-12-13-24-21-16)19(17)22(18)14-23/h8-10,14H,2-7,11-13H2,1H3. The highest BCUT2D eigenvalue weighted by Gasteiger charge is 2.18. The lowest BCUT2D eigenvalue weighted by Crippen LogP contribution is -2.06. The first-order valence-electron chi connectivity index (χ1n) is 8.99. The van der Waals surface area contributed by atoms with Gasteiger partial charge in [-0.25, -0.2) is 9.38 Å². The third-order valence-electron chi connectivity index (χ3n) is 4.56. The molecule has 0 amide bonds. The molecule has 4 nitrogen and oxygen atoms in total. The van der Waals surface area contributed by atoms with Crippen molar-refractivity contribution in [2.24, 2.45) is 4.40 Å². The molecule has 24 heavy (non-hydrogen) atoms. The molecule has 0 saturated heterocycles. The molecule has 0 spiro atoms. The molecule has 0 bridgehead atoms. The van der Waals surface area contributed by atoms with Crippen LogP contribution in [0.25, 0.3) is 11.0 Å². The average molecular weight is 343 g/mol. The Morgan fingerprint density at radius 2 is 2.04 bits per heavy atom. The minimum atomic E-state index is 0.861. The van der Waals surface area contributed by atoms with Crippen molar-refractivity contribution in [1.82, 2.24) is 9.55 Å². The normalized spacial score (nSPS) is 14.3. The molecule has 0 N–H and O–H groups in total. The average Bonchev–Trinajstić information content (AvgIpc) is 3.24. The van der Waals surface area contributed by atoms with Gasteiger partial charge >= 0.3 is 0 Å². The first-order valence-corrected chi connectivity index (χ1v) is 9.93. The summed E-state index contributed by atoms with van der Waals surface area (Å²) >= 11 is 1.60. The molecule has 0 radical (unpaired) electrons. The van der Waals surface area contributed by atoms with Crippen LogP contribution in [0.3, 0.4) is 0 Å². The number of unbranched alkanes of at least 4 members (excludes halogenated alkanes) is 5. The maximum Gasteiger partial charge on any atom is 0.219 e. The summed E-state index contributed by atoms with van der Waals surface area (Å²) in [5, 5.41) is 0. The summed E-state index contributed by atoms with van der Waals surface area (Å²) in [5.74, 6) is 1.90. The number of nitrogens with zero attached hydrogens (tertiary/aromatic N) is 3. The van der Waals surface area contributed by atoms with Crippen molar-refractivity contribution in [2.45, 2.75) is 58.3 Å². The van der Waals surface area contributed by atoms with Crippen molar-refractivity contribution in [3.63, 3.8) is 0 Å². The Labute approximate surface area is 147 Å². The summed E-state index contributed by atoms with van der Waals surface area (Å²) in [6.07, 6.45) is 10.2. The summed E-state index contributed by atoms with van der Waals surface area (Å²) in [6, 6.07) is 6.06. The topological polar surface area (TPSA) is 47.2 Å². The number of rotatable bonds is 9. The second-order valence-corrected chi connectivity index (χ2v) is 7.16. The van der Waals surface area contributed by atoms with Crippen molar-refractivity contribution in [2.75, 3.05) is 5.75 Å². The SMILES string of the molecule is CCCCCCCCc1nc2cccc(C3=NSCC3)c2n1C=O. The van der Waals surface area contributed by atoms with E-state index in [1.165, 1.54) is 32.1 Å². The van der Waals surface area contributed by atoms with E-state index >= 15 is 0 Å². The molecule has 2 aromatic rings. The van der Waals surface area contributed by atoms with Crippen molar-refractivity contribution in [3.05, 3.63) is 29.6 Å². The Balaban J connectivity index is 1.79. The number of hydrogen-bond acceptors (Lipinski definition) is 4. The molecule has 3 rings (SSSR count). The Morgan fingerprint density at radius 1 is 1.21 bits per heavy atom. The van der Waals surface area contributed by atoms with Gasteiger partial charge in [0.2, 0.25) is 6.41 Å². The smallest absolute Gasteiger partial charge is 0.219 e. The van der Waals surface area contributed by atoms with Crippen molar-refractivity contribution < 1.29 is 4.79 Å². The summed E-state index contributed by atoms with van der Waals surface area (Å²) < 4.78 is 6.26. The number of carbonyl (C=O) groups is 1. The van der Waals surface area contributed by atoms with E-state index in [1.807, 2.05) is 12.1 Å². The van der Waals surface area contributed by atoms with E-state index in [1.54, 1.807) is 16.5 Å². The van der Waals surface area contributed by atoms with Crippen LogP contribution in [-0.2, 0) is 11.2 Å². The summed E-state index contributed by atoms with van der Waals surface area (Å²) in [6.45, 7) is 2.23. The summed E-state index contributed by atoms with van der Waals surface area (Å²) in [4.78, 5) is 16.4. The Bertz CT molecular complexity index is 736. The molecule has 0 unspecified atom stereocenters. The molecule has 0 fully saturated rings. The highest BCUT2D eigenvalue weighted by atomic mass is 32.2. The third kappa shape index (κ3) is 3.72. The maximum atomic E-state index is 11.7. The van der Waals surface area contributed by atoms with Gasteiger partial charge < -0.3 is 0 Å². The second-order valence-electron chi connectivity index (χ2n) is 6.32. The quantitative estimate of drug-likeness (QED) is 0.372. The fourth-order valence-corrected chi connectivity index (χ4v) is 4.00. The number of hydrogen-bond donors (Lipinski definition) is 0. The van der Waals surface area contributed by atoms with Crippen molar-refractivity contribution in [1.29, 1.82) is 0 Å². The first kappa shape index (κ1) is 17.2. The van der Waals surface area contributed by atoms with Gasteiger partial charge in [-0.3, -0.25) is 9.36 Å². The fourth-order valence-electron chi connectivity index (χ4n) is 3.28. The zero-order chi connectivity index (χ0) is 16.8. The van der Waals surface area contributed by atoms with E-state index in [-0.39, 0.29) is 0 Å². The van der Waals surface area contributed by atoms with E-state index in [0.29, 0.717) is 0 Å². The molecular formula is C19H25N3OS. The highest BCUT2D eigenvalue weighted by Crippen LogP contribution is 2.27. The van der Waals surface area contributed by atoms with Crippen LogP contribution in [0.2, 0.25) is 0 Å². The van der Waals surface area contributed by atoms with Gasteiger partial charge in [0.15, 0.2) is 0 Å². The number of fused-ring (bicyclic) bond motifs is 1. The third-order valence-corrected chi connectivity index (χ3v) is 5.29. The van der Waals surface area contributed by atoms with Crippen molar-refractivity contribution in [3.8, 4) is 0 Å². The van der Waals surface area contributed by atoms with Crippen LogP contribution < -0.4 is 0 Å². The van der Waals surface area contributed by atoms with E-state index in [9.17, 15) is 4.79 Å². The second kappa shape index (κ2) is 8.47. The zero-order valence-electron chi connectivity index (χ0n) is 14.3. The summed E-state index contributed by atoms with van der Waals surface area (Å²) in [5.41, 5.74) is 3.97. The van der Waals surface area contributed by atoms with Gasteiger partial charge in [-0.15, -0.1) is 0 Å². The molecule has 0 saturated carbocycles. The Hall–Kier alpha value is -1.62. The van der Waals surface area contributed by atoms with Gasteiger partial charge in [-0.1, -0.05) is 51.2 Å². The lowest BCUT2D eigenvalue weighted by atomic mass is 10.1. The minimum Gasteiger partial charge on any atom is -0.278 e. The largest absolute Gasteiger partial charge is 0.278 e. The van der Waals surface area contributed by atoms with E-state index in [2.05, 4.69) is 17.4 Å². The van der Waals surface area contributed by atoms with E-state index in [0.717, 1.165) is 59.6 Å². The van der Waals surface area contributed by atoms with Crippen LogP contribution in [0.4, 0.5) is 0 Å². The number of aromatic nitrogens is 2. The predicted octanol–water partition coefficient (Wildman–Crippen LogP) is 4.82. The van der Waals surface area contributed by atoms with Crippen LogP contribution in [-0.4, -0.2) is 27.4 Å². The molecule has 0 aliphatic carbocycles. The van der Waals surface area contributed by atoms with Crippen LogP contribution in [0, 0.1) is 0 Å². The van der Waals surface area contributed by atoms with Crippen molar-refractivity contribution >= 4 is 35.1 Å². The number of imidazole rings is 1. The van der Waals surface area contributed by atoms with E-state index in [4.69, 9.17) is 4.98 Å². The molecule has 1 aliphatic heterocycles. The van der Waals surface area contributed by atoms with Gasteiger partial charge in [0.1, 0.15) is 5.82 Å². The molecule has 1 aromatic carbocycles. The number of benzene rings is 1. The van der Waals surface area contributed by atoms with Gasteiger partial charge in [0.25, 0.3) is 0 Å². The molecule has 1 aliphatic rings. The van der Waals surface area contributed by atoms with Gasteiger partial charge in [0.05, 0.1) is 16.7 Å². The first-order chi connectivity index (χ1) is 11.8.